The van der Waals surface area contributed by atoms with E-state index < -0.39 is 11.7 Å². The minimum atomic E-state index is -4.47. The molecule has 10 heteroatoms. The maximum atomic E-state index is 13.2. The molecule has 1 aliphatic heterocycles. The van der Waals surface area contributed by atoms with Gasteiger partial charge < -0.3 is 20.5 Å². The number of ether oxygens (including phenoxy) is 2. The van der Waals surface area contributed by atoms with Crippen molar-refractivity contribution in [2.45, 2.75) is 61.6 Å². The first-order valence-electron chi connectivity index (χ1n) is 11.7. The molecule has 5 rings (SSSR count). The van der Waals surface area contributed by atoms with Gasteiger partial charge in [0.1, 0.15) is 23.5 Å². The zero-order valence-electron chi connectivity index (χ0n) is 19.3. The lowest BCUT2D eigenvalue weighted by molar-refractivity contribution is -0.137. The quantitative estimate of drug-likeness (QED) is 0.384. The molecule has 6 nitrogen and oxygen atoms in total. The molecule has 0 unspecified atom stereocenters. The van der Waals surface area contributed by atoms with Crippen molar-refractivity contribution in [3.05, 3.63) is 47.3 Å². The monoisotopic (exact) mass is 504 g/mol. The van der Waals surface area contributed by atoms with Crippen LogP contribution in [0.5, 0.6) is 5.75 Å². The van der Waals surface area contributed by atoms with Gasteiger partial charge in [-0.1, -0.05) is 6.42 Å². The Balaban J connectivity index is 1.47. The van der Waals surface area contributed by atoms with Gasteiger partial charge in [0.05, 0.1) is 29.2 Å². The number of nitrogen functional groups attached to an aromatic ring is 1. The van der Waals surface area contributed by atoms with Crippen molar-refractivity contribution in [1.29, 1.82) is 0 Å². The van der Waals surface area contributed by atoms with Gasteiger partial charge in [0, 0.05) is 29.3 Å². The molecule has 2 aliphatic rings. The summed E-state index contributed by atoms with van der Waals surface area (Å²) in [5.74, 6) is 1.88. The van der Waals surface area contributed by atoms with Crippen LogP contribution < -0.4 is 15.8 Å². The maximum Gasteiger partial charge on any atom is 0.416 e. The van der Waals surface area contributed by atoms with Crippen molar-refractivity contribution >= 4 is 34.2 Å². The third-order valence-corrected chi connectivity index (χ3v) is 7.58. The highest BCUT2D eigenvalue weighted by Gasteiger charge is 2.31. The average molecular weight is 505 g/mol. The number of nitrogens with zero attached hydrogens (tertiary/aromatic N) is 2. The number of nitrogens with two attached hydrogens (primary N) is 1. The van der Waals surface area contributed by atoms with E-state index in [0.29, 0.717) is 35.7 Å². The molecule has 0 spiro atoms. The number of fused-ring (bicyclic) bond motifs is 1. The Labute approximate surface area is 205 Å². The molecule has 2 fully saturated rings. The van der Waals surface area contributed by atoms with Gasteiger partial charge in [-0.05, 0) is 55.7 Å². The Hall–Kier alpha value is -2.72. The summed E-state index contributed by atoms with van der Waals surface area (Å²) in [5, 5.41) is 4.52. The first kappa shape index (κ1) is 24.0. The van der Waals surface area contributed by atoms with Crippen LogP contribution in [0.1, 0.15) is 42.6 Å². The lowest BCUT2D eigenvalue weighted by atomic mass is 10.00. The van der Waals surface area contributed by atoms with Crippen molar-refractivity contribution < 1.29 is 22.6 Å². The number of anilines is 2. The molecule has 1 aliphatic carbocycles. The van der Waals surface area contributed by atoms with E-state index in [1.165, 1.54) is 25.3 Å². The predicted octanol–water partition coefficient (Wildman–Crippen LogP) is 5.96. The van der Waals surface area contributed by atoms with Crippen molar-refractivity contribution in [2.24, 2.45) is 0 Å². The standard InChI is InChI=1S/C25H27F3N4O2S/c1-14-31-21-11-23(35-19-3-2-4-19)22(34-18-5-6-33-13-18)10-20(21)24(32-14)30-12-15-7-16(25(26,27)28)9-17(29)8-15/h7-11,18-19H,2-6,12-13,29H2,1H3,(H,30,31,32)/t18-/m0/s1. The molecule has 3 aromatic rings. The van der Waals surface area contributed by atoms with E-state index in [0.717, 1.165) is 40.1 Å². The average Bonchev–Trinajstić information content (AvgIpc) is 3.27. The minimum absolute atomic E-state index is 0.0101. The van der Waals surface area contributed by atoms with Gasteiger partial charge in [0.15, 0.2) is 0 Å². The largest absolute Gasteiger partial charge is 0.487 e. The molecule has 0 amide bonds. The third-order valence-electron chi connectivity index (χ3n) is 6.20. The Kier molecular flexibility index (Phi) is 6.67. The number of aryl methyl sites for hydroxylation is 1. The second-order valence-electron chi connectivity index (χ2n) is 9.02. The fourth-order valence-corrected chi connectivity index (χ4v) is 5.53. The lowest BCUT2D eigenvalue weighted by Gasteiger charge is -2.26. The number of thioether (sulfide) groups is 1. The van der Waals surface area contributed by atoms with Crippen LogP contribution in [0.25, 0.3) is 10.9 Å². The second-order valence-corrected chi connectivity index (χ2v) is 10.4. The number of alkyl halides is 3. The number of rotatable bonds is 7. The van der Waals surface area contributed by atoms with Crippen LogP contribution >= 0.6 is 11.8 Å². The topological polar surface area (TPSA) is 82.3 Å². The van der Waals surface area contributed by atoms with Crippen molar-refractivity contribution in [1.82, 2.24) is 9.97 Å². The summed E-state index contributed by atoms with van der Waals surface area (Å²) in [4.78, 5) is 10.2. The van der Waals surface area contributed by atoms with Crippen LogP contribution in [0, 0.1) is 6.92 Å². The summed E-state index contributed by atoms with van der Waals surface area (Å²) in [5.41, 5.74) is 6.20. The molecule has 0 bridgehead atoms. The number of halogens is 3. The van der Waals surface area contributed by atoms with Crippen LogP contribution in [0.15, 0.2) is 35.2 Å². The lowest BCUT2D eigenvalue weighted by Crippen LogP contribution is -2.17. The number of nitrogens with one attached hydrogen (secondary N) is 1. The predicted molar refractivity (Wildman–Crippen MR) is 131 cm³/mol. The van der Waals surface area contributed by atoms with E-state index in [1.807, 2.05) is 23.9 Å². The first-order valence-corrected chi connectivity index (χ1v) is 12.6. The Morgan fingerprint density at radius 1 is 1.14 bits per heavy atom. The molecule has 1 saturated heterocycles. The van der Waals surface area contributed by atoms with Crippen LogP contribution in [0.3, 0.4) is 0 Å². The molecule has 35 heavy (non-hydrogen) atoms. The smallest absolute Gasteiger partial charge is 0.416 e. The molecule has 2 heterocycles. The summed E-state index contributed by atoms with van der Waals surface area (Å²) in [6.45, 7) is 3.16. The van der Waals surface area contributed by atoms with Crippen molar-refractivity contribution in [3.63, 3.8) is 0 Å². The maximum absolute atomic E-state index is 13.2. The molecule has 3 N–H and O–H groups in total. The second kappa shape index (κ2) is 9.73. The molecule has 1 aromatic heterocycles. The highest BCUT2D eigenvalue weighted by molar-refractivity contribution is 8.00. The van der Waals surface area contributed by atoms with E-state index in [1.54, 1.807) is 6.92 Å². The molecule has 1 saturated carbocycles. The summed E-state index contributed by atoms with van der Waals surface area (Å²) in [6, 6.07) is 7.54. The van der Waals surface area contributed by atoms with Crippen LogP contribution in [-0.4, -0.2) is 34.5 Å². The fraction of sp³-hybridized carbons (Fsp3) is 0.440. The molecule has 1 atom stereocenters. The van der Waals surface area contributed by atoms with Crippen molar-refractivity contribution in [3.8, 4) is 5.75 Å². The summed E-state index contributed by atoms with van der Waals surface area (Å²) in [6.07, 6.45) is -0.0308. The van der Waals surface area contributed by atoms with Gasteiger partial charge in [-0.25, -0.2) is 9.97 Å². The third kappa shape index (κ3) is 5.59. The fourth-order valence-electron chi connectivity index (χ4n) is 4.20. The van der Waals surface area contributed by atoms with Gasteiger partial charge in [0.25, 0.3) is 0 Å². The van der Waals surface area contributed by atoms with Gasteiger partial charge in [0.2, 0.25) is 0 Å². The molecule has 186 valence electrons. The highest BCUT2D eigenvalue weighted by Crippen LogP contribution is 2.43. The molecule has 2 aromatic carbocycles. The first-order chi connectivity index (χ1) is 16.7. The van der Waals surface area contributed by atoms with Gasteiger partial charge in [-0.2, -0.15) is 13.2 Å². The summed E-state index contributed by atoms with van der Waals surface area (Å²) in [7, 11) is 0. The zero-order chi connectivity index (χ0) is 24.6. The van der Waals surface area contributed by atoms with Crippen LogP contribution in [-0.2, 0) is 17.5 Å². The van der Waals surface area contributed by atoms with Crippen molar-refractivity contribution in [2.75, 3.05) is 24.3 Å². The van der Waals surface area contributed by atoms with Crippen LogP contribution in [0.2, 0.25) is 0 Å². The van der Waals surface area contributed by atoms with E-state index >= 15 is 0 Å². The SMILES string of the molecule is Cc1nc(NCc2cc(N)cc(C(F)(F)F)c2)c2cc(O[C@H]3CCOC3)c(SC3CCC3)cc2n1. The van der Waals surface area contributed by atoms with E-state index in [9.17, 15) is 13.2 Å². The molecule has 0 radical (unpaired) electrons. The van der Waals surface area contributed by atoms with E-state index in [2.05, 4.69) is 15.3 Å². The summed E-state index contributed by atoms with van der Waals surface area (Å²) >= 11 is 1.82. The Morgan fingerprint density at radius 2 is 1.97 bits per heavy atom. The molecular formula is C25H27F3N4O2S. The van der Waals surface area contributed by atoms with Gasteiger partial charge in [-0.3, -0.25) is 0 Å². The Morgan fingerprint density at radius 3 is 2.66 bits per heavy atom. The zero-order valence-corrected chi connectivity index (χ0v) is 20.1. The van der Waals surface area contributed by atoms with Gasteiger partial charge in [-0.15, -0.1) is 11.8 Å². The number of benzene rings is 2. The molecular weight excluding hydrogens is 477 g/mol. The summed E-state index contributed by atoms with van der Waals surface area (Å²) < 4.78 is 51.5. The number of aromatic nitrogens is 2. The van der Waals surface area contributed by atoms with Gasteiger partial charge >= 0.3 is 6.18 Å². The van der Waals surface area contributed by atoms with E-state index in [4.69, 9.17) is 15.2 Å². The number of hydrogen-bond donors (Lipinski definition) is 2. The number of hydrogen-bond acceptors (Lipinski definition) is 7. The van der Waals surface area contributed by atoms with E-state index in [-0.39, 0.29) is 18.3 Å². The highest BCUT2D eigenvalue weighted by atomic mass is 32.2. The normalized spacial score (nSPS) is 18.6. The van der Waals surface area contributed by atoms with Crippen LogP contribution in [0.4, 0.5) is 24.7 Å². The minimum Gasteiger partial charge on any atom is -0.487 e. The Bertz CT molecular complexity index is 1230.